The molecule has 1 N–H and O–H groups in total. The molecule has 3 aliphatic carbocycles. The summed E-state index contributed by atoms with van der Waals surface area (Å²) in [7, 11) is 0. The normalized spacial score (nSPS) is 34.2. The Morgan fingerprint density at radius 1 is 1.21 bits per heavy atom. The fourth-order valence-corrected chi connectivity index (χ4v) is 4.41. The van der Waals surface area contributed by atoms with Crippen molar-refractivity contribution in [2.75, 3.05) is 0 Å². The largest absolute Gasteiger partial charge is 0.506 e. The van der Waals surface area contributed by atoms with E-state index in [1.54, 1.807) is 12.3 Å². The smallest absolute Gasteiger partial charge is 0.171 e. The van der Waals surface area contributed by atoms with E-state index < -0.39 is 0 Å². The van der Waals surface area contributed by atoms with Crippen LogP contribution < -0.4 is 0 Å². The molecular formula is C16H12O3. The maximum atomic E-state index is 12.6. The van der Waals surface area contributed by atoms with Gasteiger partial charge in [0, 0.05) is 11.8 Å². The van der Waals surface area contributed by atoms with Crippen LogP contribution in [-0.2, 0) is 0 Å². The molecule has 1 heterocycles. The number of furan rings is 1. The van der Waals surface area contributed by atoms with E-state index in [2.05, 4.69) is 12.2 Å². The first-order valence-electron chi connectivity index (χ1n) is 6.71. The van der Waals surface area contributed by atoms with Crippen LogP contribution in [0.25, 0.3) is 11.0 Å². The van der Waals surface area contributed by atoms with E-state index in [0.717, 1.165) is 12.0 Å². The molecule has 4 atom stereocenters. The number of ketones is 1. The highest BCUT2D eigenvalue weighted by molar-refractivity contribution is 6.10. The minimum atomic E-state index is 0.0439. The van der Waals surface area contributed by atoms with Gasteiger partial charge in [0.1, 0.15) is 11.3 Å². The number of rotatable bonds is 0. The van der Waals surface area contributed by atoms with Crippen molar-refractivity contribution in [3.8, 4) is 5.75 Å². The fraction of sp³-hybridized carbons (Fsp3) is 0.312. The number of Topliss-reactive ketones (excluding diaryl/α,β-unsaturated/α-hetero) is 1. The molecule has 2 bridgehead atoms. The summed E-state index contributed by atoms with van der Waals surface area (Å²) < 4.78 is 5.40. The van der Waals surface area contributed by atoms with Crippen LogP contribution in [0.5, 0.6) is 5.75 Å². The van der Waals surface area contributed by atoms with Crippen LogP contribution in [0.4, 0.5) is 0 Å². The van der Waals surface area contributed by atoms with Crippen molar-refractivity contribution in [1.29, 1.82) is 0 Å². The Hall–Kier alpha value is -2.03. The first-order valence-corrected chi connectivity index (χ1v) is 6.71. The standard InChI is InChI=1S/C16H12O3/c17-15-9-3-4-19-11(9)6-10-12-7-1-2-8(5-7)13(12)16(18)14(10)15/h1-4,6-8,12-13,17H,5H2. The zero-order chi connectivity index (χ0) is 12.7. The first kappa shape index (κ1) is 9.84. The van der Waals surface area contributed by atoms with E-state index in [1.807, 2.05) is 6.07 Å². The van der Waals surface area contributed by atoms with Crippen LogP contribution in [0, 0.1) is 17.8 Å². The number of fused-ring (bicyclic) bond motifs is 8. The average molecular weight is 252 g/mol. The van der Waals surface area contributed by atoms with Gasteiger partial charge >= 0.3 is 0 Å². The van der Waals surface area contributed by atoms with E-state index in [4.69, 9.17) is 4.42 Å². The lowest BCUT2D eigenvalue weighted by Crippen LogP contribution is -2.18. The Kier molecular flexibility index (Phi) is 1.52. The van der Waals surface area contributed by atoms with E-state index in [1.165, 1.54) is 0 Å². The third-order valence-corrected chi connectivity index (χ3v) is 5.13. The molecule has 3 nitrogen and oxygen atoms in total. The molecule has 94 valence electrons. The maximum absolute atomic E-state index is 12.6. The molecule has 1 fully saturated rings. The summed E-state index contributed by atoms with van der Waals surface area (Å²) >= 11 is 0. The number of hydrogen-bond donors (Lipinski definition) is 1. The second-order valence-corrected chi connectivity index (χ2v) is 5.89. The Bertz CT molecular complexity index is 768. The number of allylic oxidation sites excluding steroid dienone is 2. The lowest BCUT2D eigenvalue weighted by Gasteiger charge is -2.19. The minimum Gasteiger partial charge on any atom is -0.506 e. The van der Waals surface area contributed by atoms with Gasteiger partial charge in [0.25, 0.3) is 0 Å². The van der Waals surface area contributed by atoms with Crippen LogP contribution in [0.1, 0.15) is 28.3 Å². The Morgan fingerprint density at radius 3 is 2.84 bits per heavy atom. The van der Waals surface area contributed by atoms with Gasteiger partial charge in [0.05, 0.1) is 17.2 Å². The molecule has 2 aromatic rings. The molecule has 0 amide bonds. The van der Waals surface area contributed by atoms with Gasteiger partial charge in [-0.05, 0) is 36.0 Å². The van der Waals surface area contributed by atoms with Gasteiger partial charge < -0.3 is 9.52 Å². The molecular weight excluding hydrogens is 240 g/mol. The lowest BCUT2D eigenvalue weighted by molar-refractivity contribution is 0.0909. The zero-order valence-electron chi connectivity index (χ0n) is 10.2. The number of carbonyl (C=O) groups excluding carboxylic acids is 1. The predicted octanol–water partition coefficient (Wildman–Crippen LogP) is 3.24. The molecule has 0 spiro atoms. The molecule has 3 aliphatic rings. The minimum absolute atomic E-state index is 0.0439. The second-order valence-electron chi connectivity index (χ2n) is 5.89. The highest BCUT2D eigenvalue weighted by atomic mass is 16.3. The van der Waals surface area contributed by atoms with Crippen LogP contribution in [-0.4, -0.2) is 10.9 Å². The molecule has 0 radical (unpaired) electrons. The average Bonchev–Trinajstić information content (AvgIpc) is 3.13. The van der Waals surface area contributed by atoms with Crippen molar-refractivity contribution in [3.05, 3.63) is 41.7 Å². The summed E-state index contributed by atoms with van der Waals surface area (Å²) in [5, 5.41) is 11.0. The van der Waals surface area contributed by atoms with Crippen LogP contribution in [0.3, 0.4) is 0 Å². The summed E-state index contributed by atoms with van der Waals surface area (Å²) in [5.74, 6) is 1.34. The van der Waals surface area contributed by atoms with Gasteiger partial charge in [-0.2, -0.15) is 0 Å². The molecule has 0 saturated heterocycles. The number of aromatic hydroxyl groups is 1. The Labute approximate surface area is 109 Å². The van der Waals surface area contributed by atoms with E-state index in [-0.39, 0.29) is 23.4 Å². The van der Waals surface area contributed by atoms with Gasteiger partial charge in [0.15, 0.2) is 5.78 Å². The zero-order valence-corrected chi connectivity index (χ0v) is 10.2. The van der Waals surface area contributed by atoms with Crippen LogP contribution in [0.15, 0.2) is 35.0 Å². The SMILES string of the molecule is O=C1c2c(cc3occc3c2O)C2C3C=CC(C3)C12. The first-order chi connectivity index (χ1) is 9.25. The number of benzene rings is 1. The summed E-state index contributed by atoms with van der Waals surface area (Å²) in [6, 6.07) is 3.68. The lowest BCUT2D eigenvalue weighted by atomic mass is 9.83. The number of carbonyl (C=O) groups is 1. The third kappa shape index (κ3) is 0.960. The molecule has 1 saturated carbocycles. The number of phenols is 1. The number of hydrogen-bond acceptors (Lipinski definition) is 3. The van der Waals surface area contributed by atoms with Crippen molar-refractivity contribution in [3.63, 3.8) is 0 Å². The summed E-state index contributed by atoms with van der Waals surface area (Å²) in [6.07, 6.45) is 7.05. The molecule has 19 heavy (non-hydrogen) atoms. The second kappa shape index (κ2) is 2.93. The number of phenolic OH excluding ortho intramolecular Hbond substituents is 1. The van der Waals surface area contributed by atoms with Crippen LogP contribution in [0.2, 0.25) is 0 Å². The van der Waals surface area contributed by atoms with Crippen molar-refractivity contribution < 1.29 is 14.3 Å². The quantitative estimate of drug-likeness (QED) is 0.732. The highest BCUT2D eigenvalue weighted by Gasteiger charge is 2.54. The predicted molar refractivity (Wildman–Crippen MR) is 69.2 cm³/mol. The van der Waals surface area contributed by atoms with E-state index >= 15 is 0 Å². The van der Waals surface area contributed by atoms with Crippen molar-refractivity contribution in [2.24, 2.45) is 17.8 Å². The topological polar surface area (TPSA) is 50.4 Å². The highest BCUT2D eigenvalue weighted by Crippen LogP contribution is 2.60. The molecule has 3 heteroatoms. The molecule has 0 aliphatic heterocycles. The summed E-state index contributed by atoms with van der Waals surface area (Å²) in [5.41, 5.74) is 2.21. The van der Waals surface area contributed by atoms with E-state index in [0.29, 0.717) is 28.4 Å². The van der Waals surface area contributed by atoms with Crippen LogP contribution >= 0.6 is 0 Å². The molecule has 5 rings (SSSR count). The van der Waals surface area contributed by atoms with Gasteiger partial charge in [0.2, 0.25) is 0 Å². The van der Waals surface area contributed by atoms with Gasteiger partial charge in [-0.25, -0.2) is 0 Å². The molecule has 4 unspecified atom stereocenters. The summed E-state index contributed by atoms with van der Waals surface area (Å²) in [6.45, 7) is 0. The monoisotopic (exact) mass is 252 g/mol. The van der Waals surface area contributed by atoms with Gasteiger partial charge in [-0.3, -0.25) is 4.79 Å². The van der Waals surface area contributed by atoms with Crippen molar-refractivity contribution in [1.82, 2.24) is 0 Å². The van der Waals surface area contributed by atoms with Crippen molar-refractivity contribution >= 4 is 16.8 Å². The Morgan fingerprint density at radius 2 is 2.00 bits per heavy atom. The molecule has 1 aromatic heterocycles. The Balaban J connectivity index is 1.86. The molecule has 1 aromatic carbocycles. The third-order valence-electron chi connectivity index (χ3n) is 5.13. The summed E-state index contributed by atoms with van der Waals surface area (Å²) in [4.78, 5) is 12.6. The fourth-order valence-electron chi connectivity index (χ4n) is 4.41. The maximum Gasteiger partial charge on any atom is 0.171 e. The van der Waals surface area contributed by atoms with Gasteiger partial charge in [-0.15, -0.1) is 0 Å². The van der Waals surface area contributed by atoms with E-state index in [9.17, 15) is 9.90 Å². The van der Waals surface area contributed by atoms with Crippen molar-refractivity contribution in [2.45, 2.75) is 12.3 Å². The van der Waals surface area contributed by atoms with Gasteiger partial charge in [-0.1, -0.05) is 12.2 Å².